The molecule has 1 saturated carbocycles. The number of ether oxygens (including phenoxy) is 1. The molecule has 1 saturated heterocycles. The number of carbonyl (C=O) groups is 1. The fourth-order valence-electron chi connectivity index (χ4n) is 6.22. The maximum absolute atomic E-state index is 13.3. The van der Waals surface area contributed by atoms with Crippen LogP contribution in [0.4, 0.5) is 5.69 Å². The molecule has 2 fully saturated rings. The first-order valence-electron chi connectivity index (χ1n) is 14.4. The molecule has 2 atom stereocenters. The zero-order chi connectivity index (χ0) is 28.3. The van der Waals surface area contributed by atoms with E-state index in [9.17, 15) is 14.9 Å². The van der Waals surface area contributed by atoms with E-state index in [1.54, 1.807) is 19.2 Å². The van der Waals surface area contributed by atoms with E-state index in [0.717, 1.165) is 72.5 Å². The highest BCUT2D eigenvalue weighted by Gasteiger charge is 2.32. The molecule has 0 radical (unpaired) electrons. The van der Waals surface area contributed by atoms with Gasteiger partial charge >= 0.3 is 0 Å². The van der Waals surface area contributed by atoms with Crippen molar-refractivity contribution in [1.29, 1.82) is 0 Å². The van der Waals surface area contributed by atoms with Crippen LogP contribution in [-0.4, -0.2) is 69.4 Å². The van der Waals surface area contributed by atoms with Gasteiger partial charge < -0.3 is 14.0 Å². The summed E-state index contributed by atoms with van der Waals surface area (Å²) in [4.78, 5) is 33.7. The Kier molecular flexibility index (Phi) is 7.80. The summed E-state index contributed by atoms with van der Waals surface area (Å²) >= 11 is 0. The van der Waals surface area contributed by atoms with Crippen molar-refractivity contribution in [2.24, 2.45) is 5.92 Å². The summed E-state index contributed by atoms with van der Waals surface area (Å²) in [5.41, 5.74) is 5.59. The maximum Gasteiger partial charge on any atom is 0.270 e. The van der Waals surface area contributed by atoms with Crippen LogP contribution in [0.2, 0.25) is 0 Å². The molecule has 1 aliphatic carbocycles. The topological polar surface area (TPSA) is 93.2 Å². The Morgan fingerprint density at radius 2 is 1.76 bits per heavy atom. The lowest BCUT2D eigenvalue weighted by Gasteiger charge is -2.38. The third-order valence-corrected chi connectivity index (χ3v) is 8.52. The number of hydrogen-bond donors (Lipinski definition) is 0. The summed E-state index contributed by atoms with van der Waals surface area (Å²) < 4.78 is 7.67. The minimum absolute atomic E-state index is 0.0657. The summed E-state index contributed by atoms with van der Waals surface area (Å²) in [6.45, 7) is 3.68. The normalized spacial score (nSPS) is 19.9. The van der Waals surface area contributed by atoms with E-state index >= 15 is 0 Å². The Hall–Kier alpha value is -4.08. The number of carbonyl (C=O) groups excluding carboxylic acids is 1. The van der Waals surface area contributed by atoms with Crippen molar-refractivity contribution in [2.75, 3.05) is 33.3 Å². The van der Waals surface area contributed by atoms with Gasteiger partial charge in [-0.05, 0) is 42.5 Å². The van der Waals surface area contributed by atoms with Crippen LogP contribution >= 0.6 is 0 Å². The number of piperazine rings is 1. The molecular formula is C32H35N5O4. The van der Waals surface area contributed by atoms with Gasteiger partial charge in [-0.3, -0.25) is 19.8 Å². The van der Waals surface area contributed by atoms with Crippen LogP contribution in [0.15, 0.2) is 72.9 Å². The van der Waals surface area contributed by atoms with Gasteiger partial charge in [-0.25, -0.2) is 4.98 Å². The molecule has 1 aliphatic heterocycles. The molecule has 9 nitrogen and oxygen atoms in total. The number of nitrogens with zero attached hydrogens (tertiary/aromatic N) is 5. The first kappa shape index (κ1) is 27.1. The number of imidazole rings is 1. The minimum atomic E-state index is -0.368. The predicted molar refractivity (Wildman–Crippen MR) is 157 cm³/mol. The molecular weight excluding hydrogens is 518 g/mol. The average Bonchev–Trinajstić information content (AvgIpc) is 3.39. The van der Waals surface area contributed by atoms with Crippen LogP contribution in [0.25, 0.3) is 28.0 Å². The largest absolute Gasteiger partial charge is 0.381 e. The third kappa shape index (κ3) is 5.73. The number of benzene rings is 2. The van der Waals surface area contributed by atoms with Gasteiger partial charge in [-0.2, -0.15) is 0 Å². The highest BCUT2D eigenvalue weighted by molar-refractivity contribution is 5.79. The lowest BCUT2D eigenvalue weighted by molar-refractivity contribution is -0.384. The number of nitro benzene ring substituents is 1. The molecule has 2 aromatic heterocycles. The van der Waals surface area contributed by atoms with Gasteiger partial charge in [0.15, 0.2) is 0 Å². The summed E-state index contributed by atoms with van der Waals surface area (Å²) in [6.07, 6.45) is 6.08. The number of non-ortho nitro benzene ring substituents is 1. The second kappa shape index (κ2) is 11.8. The summed E-state index contributed by atoms with van der Waals surface area (Å²) in [6, 6.07) is 20.8. The molecule has 3 heterocycles. The lowest BCUT2D eigenvalue weighted by Crippen LogP contribution is -2.50. The SMILES string of the molecule is COC1CCCC(C(=O)N2CCN(Cc3c(-c4ccccc4)nc4ccc(-c5cccc([N+](=O)[O-])c5)cn34)CC2)C1. The molecule has 0 N–H and O–H groups in total. The van der Waals surface area contributed by atoms with Gasteiger partial charge in [0, 0.05) is 69.6 Å². The molecule has 2 unspecified atom stereocenters. The molecule has 0 spiro atoms. The molecule has 212 valence electrons. The van der Waals surface area contributed by atoms with E-state index in [1.807, 2.05) is 47.5 Å². The number of nitro groups is 1. The Morgan fingerprint density at radius 1 is 0.976 bits per heavy atom. The molecule has 1 amide bonds. The second-order valence-corrected chi connectivity index (χ2v) is 11.0. The van der Waals surface area contributed by atoms with E-state index in [1.165, 1.54) is 6.07 Å². The fourth-order valence-corrected chi connectivity index (χ4v) is 6.22. The molecule has 4 aromatic rings. The van der Waals surface area contributed by atoms with E-state index in [0.29, 0.717) is 19.6 Å². The van der Waals surface area contributed by atoms with E-state index in [2.05, 4.69) is 21.4 Å². The monoisotopic (exact) mass is 553 g/mol. The Labute approximate surface area is 239 Å². The van der Waals surface area contributed by atoms with Crippen molar-refractivity contribution in [3.05, 3.63) is 88.7 Å². The van der Waals surface area contributed by atoms with Crippen LogP contribution in [0.1, 0.15) is 31.4 Å². The van der Waals surface area contributed by atoms with Gasteiger partial charge in [0.25, 0.3) is 5.69 Å². The van der Waals surface area contributed by atoms with Gasteiger partial charge in [0.2, 0.25) is 5.91 Å². The van der Waals surface area contributed by atoms with E-state index in [4.69, 9.17) is 9.72 Å². The highest BCUT2D eigenvalue weighted by Crippen LogP contribution is 2.31. The fraction of sp³-hybridized carbons (Fsp3) is 0.375. The molecule has 41 heavy (non-hydrogen) atoms. The van der Waals surface area contributed by atoms with Crippen molar-refractivity contribution in [3.63, 3.8) is 0 Å². The van der Waals surface area contributed by atoms with E-state index < -0.39 is 0 Å². The second-order valence-electron chi connectivity index (χ2n) is 11.0. The highest BCUT2D eigenvalue weighted by atomic mass is 16.6. The molecule has 2 aromatic carbocycles. The van der Waals surface area contributed by atoms with Gasteiger partial charge in [0.1, 0.15) is 5.65 Å². The summed E-state index contributed by atoms with van der Waals surface area (Å²) in [7, 11) is 1.74. The first-order valence-corrected chi connectivity index (χ1v) is 14.4. The Balaban J connectivity index is 1.26. The number of fused-ring (bicyclic) bond motifs is 1. The maximum atomic E-state index is 13.3. The van der Waals surface area contributed by atoms with Crippen molar-refractivity contribution in [3.8, 4) is 22.4 Å². The predicted octanol–water partition coefficient (Wildman–Crippen LogP) is 5.43. The number of pyridine rings is 1. The number of methoxy groups -OCH3 is 1. The summed E-state index contributed by atoms with van der Waals surface area (Å²) in [5.74, 6) is 0.337. The number of amides is 1. The number of hydrogen-bond acceptors (Lipinski definition) is 6. The van der Waals surface area contributed by atoms with Crippen LogP contribution in [0.5, 0.6) is 0 Å². The molecule has 2 aliphatic rings. The van der Waals surface area contributed by atoms with Crippen molar-refractivity contribution >= 4 is 17.2 Å². The van der Waals surface area contributed by atoms with Gasteiger partial charge in [0.05, 0.1) is 22.4 Å². The third-order valence-electron chi connectivity index (χ3n) is 8.52. The Morgan fingerprint density at radius 3 is 2.51 bits per heavy atom. The smallest absolute Gasteiger partial charge is 0.270 e. The zero-order valence-electron chi connectivity index (χ0n) is 23.3. The zero-order valence-corrected chi connectivity index (χ0v) is 23.3. The minimum Gasteiger partial charge on any atom is -0.381 e. The summed E-state index contributed by atoms with van der Waals surface area (Å²) in [5, 5.41) is 11.4. The Bertz CT molecular complexity index is 1540. The quantitative estimate of drug-likeness (QED) is 0.224. The van der Waals surface area contributed by atoms with Crippen molar-refractivity contribution < 1.29 is 14.5 Å². The van der Waals surface area contributed by atoms with Crippen molar-refractivity contribution in [2.45, 2.75) is 38.3 Å². The molecule has 0 bridgehead atoms. The van der Waals surface area contributed by atoms with Crippen molar-refractivity contribution in [1.82, 2.24) is 19.2 Å². The first-order chi connectivity index (χ1) is 20.0. The van der Waals surface area contributed by atoms with Gasteiger partial charge in [-0.15, -0.1) is 0 Å². The standard InChI is InChI=1S/C32H35N5O4/c1-41-28-12-6-10-25(20-28)32(38)35-17-15-34(16-18-35)22-29-31(23-7-3-2-4-8-23)33-30-14-13-26(21-36(29)30)24-9-5-11-27(19-24)37(39)40/h2-5,7-9,11,13-14,19,21,25,28H,6,10,12,15-18,20,22H2,1H3. The average molecular weight is 554 g/mol. The van der Waals surface area contributed by atoms with Crippen LogP contribution in [0.3, 0.4) is 0 Å². The number of aromatic nitrogens is 2. The molecule has 9 heteroatoms. The van der Waals surface area contributed by atoms with Crippen LogP contribution < -0.4 is 0 Å². The number of rotatable bonds is 7. The van der Waals surface area contributed by atoms with Crippen LogP contribution in [0, 0.1) is 16.0 Å². The lowest BCUT2D eigenvalue weighted by atomic mass is 9.86. The van der Waals surface area contributed by atoms with Crippen LogP contribution in [-0.2, 0) is 16.1 Å². The molecule has 6 rings (SSSR count). The van der Waals surface area contributed by atoms with E-state index in [-0.39, 0.29) is 28.5 Å². The van der Waals surface area contributed by atoms with Gasteiger partial charge in [-0.1, -0.05) is 48.9 Å².